The molecule has 2 rings (SSSR count). The first-order valence-electron chi connectivity index (χ1n) is 8.34. The molecule has 0 aliphatic carbocycles. The first kappa shape index (κ1) is 20.8. The maximum Gasteiger partial charge on any atom is 0.331 e. The van der Waals surface area contributed by atoms with Gasteiger partial charge in [-0.15, -0.1) is 0 Å². The summed E-state index contributed by atoms with van der Waals surface area (Å²) >= 11 is 0. The summed E-state index contributed by atoms with van der Waals surface area (Å²) in [5, 5.41) is 0. The Hall–Kier alpha value is -3.48. The fourth-order valence-electron chi connectivity index (χ4n) is 2.42. The van der Waals surface area contributed by atoms with E-state index in [4.69, 9.17) is 23.7 Å². The lowest BCUT2D eigenvalue weighted by Crippen LogP contribution is -2.13. The molecule has 7 heteroatoms. The van der Waals surface area contributed by atoms with Crippen LogP contribution in [0, 0.1) is 0 Å². The van der Waals surface area contributed by atoms with E-state index in [-0.39, 0.29) is 5.56 Å². The number of rotatable bonds is 9. The van der Waals surface area contributed by atoms with Crippen LogP contribution < -0.4 is 18.9 Å². The zero-order chi connectivity index (χ0) is 20.5. The Kier molecular flexibility index (Phi) is 7.45. The third-order valence-electron chi connectivity index (χ3n) is 3.89. The Morgan fingerprint density at radius 1 is 0.821 bits per heavy atom. The molecule has 0 saturated heterocycles. The number of carbonyl (C=O) groups excluding carboxylic acids is 2. The van der Waals surface area contributed by atoms with Gasteiger partial charge in [-0.1, -0.05) is 0 Å². The van der Waals surface area contributed by atoms with Crippen LogP contribution in [0.15, 0.2) is 42.5 Å². The summed E-state index contributed by atoms with van der Waals surface area (Å²) in [6, 6.07) is 10.0. The Morgan fingerprint density at radius 2 is 1.43 bits per heavy atom. The summed E-state index contributed by atoms with van der Waals surface area (Å²) in [5.74, 6) is 0.992. The van der Waals surface area contributed by atoms with E-state index in [0.717, 1.165) is 0 Å². The van der Waals surface area contributed by atoms with Crippen LogP contribution in [0.3, 0.4) is 0 Å². The SMILES string of the molecule is COc1ccc(OC)c(/C=C/C(=O)OCC(=O)c2cc(OC)ccc2OC)c1. The number of ether oxygens (including phenoxy) is 5. The fraction of sp³-hybridized carbons (Fsp3) is 0.238. The van der Waals surface area contributed by atoms with Gasteiger partial charge in [-0.3, -0.25) is 4.79 Å². The lowest BCUT2D eigenvalue weighted by molar-refractivity contribution is -0.136. The van der Waals surface area contributed by atoms with Crippen molar-refractivity contribution < 1.29 is 33.3 Å². The molecule has 0 aromatic heterocycles. The first-order valence-corrected chi connectivity index (χ1v) is 8.34. The van der Waals surface area contributed by atoms with Gasteiger partial charge in [0.25, 0.3) is 0 Å². The number of esters is 1. The van der Waals surface area contributed by atoms with E-state index in [1.54, 1.807) is 37.4 Å². The minimum absolute atomic E-state index is 0.271. The van der Waals surface area contributed by atoms with Gasteiger partial charge in [0, 0.05) is 11.6 Å². The van der Waals surface area contributed by atoms with Crippen molar-refractivity contribution in [1.82, 2.24) is 0 Å². The lowest BCUT2D eigenvalue weighted by Gasteiger charge is -2.09. The highest BCUT2D eigenvalue weighted by Gasteiger charge is 2.15. The predicted molar refractivity (Wildman–Crippen MR) is 103 cm³/mol. The Morgan fingerprint density at radius 3 is 2.04 bits per heavy atom. The van der Waals surface area contributed by atoms with Gasteiger partial charge >= 0.3 is 5.97 Å². The van der Waals surface area contributed by atoms with Crippen molar-refractivity contribution in [3.63, 3.8) is 0 Å². The summed E-state index contributed by atoms with van der Waals surface area (Å²) in [5.41, 5.74) is 0.910. The molecule has 0 spiro atoms. The van der Waals surface area contributed by atoms with Crippen LogP contribution in [0.4, 0.5) is 0 Å². The molecule has 0 bridgehead atoms. The monoisotopic (exact) mass is 386 g/mol. The number of benzene rings is 2. The summed E-state index contributed by atoms with van der Waals surface area (Å²) in [4.78, 5) is 24.4. The molecule has 0 amide bonds. The quantitative estimate of drug-likeness (QED) is 0.372. The molecule has 0 atom stereocenters. The van der Waals surface area contributed by atoms with Crippen LogP contribution in [-0.2, 0) is 9.53 Å². The molecule has 2 aromatic rings. The number of Topliss-reactive ketones (excluding diaryl/α,β-unsaturated/α-hetero) is 1. The number of hydrogen-bond donors (Lipinski definition) is 0. The average molecular weight is 386 g/mol. The highest BCUT2D eigenvalue weighted by Crippen LogP contribution is 2.26. The molecule has 148 valence electrons. The largest absolute Gasteiger partial charge is 0.497 e. The van der Waals surface area contributed by atoms with Crippen LogP contribution in [0.1, 0.15) is 15.9 Å². The molecule has 0 radical (unpaired) electrons. The third kappa shape index (κ3) is 5.26. The molecule has 0 saturated carbocycles. The van der Waals surface area contributed by atoms with Crippen molar-refractivity contribution in [2.75, 3.05) is 35.0 Å². The molecule has 0 heterocycles. The van der Waals surface area contributed by atoms with Gasteiger partial charge in [-0.05, 0) is 42.5 Å². The normalized spacial score (nSPS) is 10.4. The van der Waals surface area contributed by atoms with Gasteiger partial charge in [-0.2, -0.15) is 0 Å². The maximum atomic E-state index is 12.4. The summed E-state index contributed by atoms with van der Waals surface area (Å²) < 4.78 is 25.7. The topological polar surface area (TPSA) is 80.3 Å². The molecule has 7 nitrogen and oxygen atoms in total. The molecule has 0 aliphatic heterocycles. The number of ketones is 1. The van der Waals surface area contributed by atoms with Crippen LogP contribution >= 0.6 is 0 Å². The lowest BCUT2D eigenvalue weighted by atomic mass is 10.1. The van der Waals surface area contributed by atoms with Crippen molar-refractivity contribution in [2.24, 2.45) is 0 Å². The predicted octanol–water partition coefficient (Wildman–Crippen LogP) is 3.16. The van der Waals surface area contributed by atoms with Crippen molar-refractivity contribution in [2.45, 2.75) is 0 Å². The van der Waals surface area contributed by atoms with Crippen LogP contribution in [0.25, 0.3) is 6.08 Å². The van der Waals surface area contributed by atoms with Crippen molar-refractivity contribution in [3.05, 3.63) is 53.6 Å². The van der Waals surface area contributed by atoms with Gasteiger partial charge < -0.3 is 23.7 Å². The Labute approximate surface area is 163 Å². The number of hydrogen-bond acceptors (Lipinski definition) is 7. The van der Waals surface area contributed by atoms with E-state index in [1.165, 1.54) is 39.5 Å². The van der Waals surface area contributed by atoms with E-state index in [9.17, 15) is 9.59 Å². The number of methoxy groups -OCH3 is 4. The molecule has 2 aromatic carbocycles. The number of carbonyl (C=O) groups is 2. The van der Waals surface area contributed by atoms with Gasteiger partial charge in [0.05, 0.1) is 34.0 Å². The van der Waals surface area contributed by atoms with E-state index >= 15 is 0 Å². The molecule has 0 N–H and O–H groups in total. The molecule has 0 unspecified atom stereocenters. The minimum atomic E-state index is -0.667. The zero-order valence-corrected chi connectivity index (χ0v) is 16.2. The average Bonchev–Trinajstić information content (AvgIpc) is 2.75. The summed E-state index contributed by atoms with van der Waals surface area (Å²) in [6.45, 7) is -0.429. The summed E-state index contributed by atoms with van der Waals surface area (Å²) in [6.07, 6.45) is 2.74. The highest BCUT2D eigenvalue weighted by molar-refractivity contribution is 6.01. The third-order valence-corrected chi connectivity index (χ3v) is 3.89. The molecule has 0 aliphatic rings. The van der Waals surface area contributed by atoms with Crippen molar-refractivity contribution in [3.8, 4) is 23.0 Å². The van der Waals surface area contributed by atoms with E-state index in [1.807, 2.05) is 0 Å². The van der Waals surface area contributed by atoms with Crippen LogP contribution in [0.5, 0.6) is 23.0 Å². The second-order valence-corrected chi connectivity index (χ2v) is 5.54. The summed E-state index contributed by atoms with van der Waals surface area (Å²) in [7, 11) is 6.02. The van der Waals surface area contributed by atoms with Gasteiger partial charge in [0.15, 0.2) is 6.61 Å². The van der Waals surface area contributed by atoms with Gasteiger partial charge in [-0.25, -0.2) is 4.79 Å². The Balaban J connectivity index is 2.05. The van der Waals surface area contributed by atoms with Crippen molar-refractivity contribution in [1.29, 1.82) is 0 Å². The second kappa shape index (κ2) is 10.0. The maximum absolute atomic E-state index is 12.4. The van der Waals surface area contributed by atoms with Crippen LogP contribution in [0.2, 0.25) is 0 Å². The van der Waals surface area contributed by atoms with Crippen LogP contribution in [-0.4, -0.2) is 46.8 Å². The van der Waals surface area contributed by atoms with E-state index in [0.29, 0.717) is 28.6 Å². The first-order chi connectivity index (χ1) is 13.5. The molecule has 28 heavy (non-hydrogen) atoms. The second-order valence-electron chi connectivity index (χ2n) is 5.54. The van der Waals surface area contributed by atoms with Gasteiger partial charge in [0.1, 0.15) is 23.0 Å². The molecular weight excluding hydrogens is 364 g/mol. The standard InChI is InChI=1S/C21H22O7/c1-24-15-6-8-19(26-3)14(11-15)5-10-21(23)28-13-18(22)17-12-16(25-2)7-9-20(17)27-4/h5-12H,13H2,1-4H3/b10-5+. The molecule has 0 fully saturated rings. The van der Waals surface area contributed by atoms with Gasteiger partial charge in [0.2, 0.25) is 5.78 Å². The van der Waals surface area contributed by atoms with E-state index in [2.05, 4.69) is 0 Å². The Bertz CT molecular complexity index is 871. The minimum Gasteiger partial charge on any atom is -0.497 e. The molecular formula is C21H22O7. The fourth-order valence-corrected chi connectivity index (χ4v) is 2.42. The zero-order valence-electron chi connectivity index (χ0n) is 16.2. The highest BCUT2D eigenvalue weighted by atomic mass is 16.5. The van der Waals surface area contributed by atoms with E-state index < -0.39 is 18.4 Å². The van der Waals surface area contributed by atoms with Crippen molar-refractivity contribution >= 4 is 17.8 Å². The smallest absolute Gasteiger partial charge is 0.331 e.